The van der Waals surface area contributed by atoms with E-state index < -0.39 is 0 Å². The van der Waals surface area contributed by atoms with Crippen molar-refractivity contribution in [2.45, 2.75) is 20.4 Å². The average molecular weight is 278 g/mol. The molecule has 0 aliphatic rings. The van der Waals surface area contributed by atoms with Crippen LogP contribution in [0, 0.1) is 13.8 Å². The standard InChI is InChI=1S/C18H18N2O/c1-12-9-16(6-8-18(12)21)19-11-14-4-7-17-15(10-14)5-3-13(2)20-17/h3-10,19,21H,11H2,1-2H3. The number of rotatable bonds is 3. The molecule has 106 valence electrons. The Labute approximate surface area is 124 Å². The van der Waals surface area contributed by atoms with Crippen LogP contribution < -0.4 is 5.32 Å². The number of phenols is 1. The van der Waals surface area contributed by atoms with Gasteiger partial charge in [0.15, 0.2) is 0 Å². The van der Waals surface area contributed by atoms with Crippen LogP contribution in [0.4, 0.5) is 5.69 Å². The lowest BCUT2D eigenvalue weighted by Crippen LogP contribution is -1.99. The number of nitrogens with zero attached hydrogens (tertiary/aromatic N) is 1. The van der Waals surface area contributed by atoms with Crippen molar-refractivity contribution >= 4 is 16.6 Å². The molecule has 21 heavy (non-hydrogen) atoms. The summed E-state index contributed by atoms with van der Waals surface area (Å²) in [6, 6.07) is 16.0. The van der Waals surface area contributed by atoms with Gasteiger partial charge in [-0.2, -0.15) is 0 Å². The molecule has 0 unspecified atom stereocenters. The Hall–Kier alpha value is -2.55. The highest BCUT2D eigenvalue weighted by Crippen LogP contribution is 2.21. The van der Waals surface area contributed by atoms with Crippen LogP contribution in [0.1, 0.15) is 16.8 Å². The number of phenolic OH excluding ortho intramolecular Hbond substituents is 1. The summed E-state index contributed by atoms with van der Waals surface area (Å²) in [5.41, 5.74) is 5.15. The van der Waals surface area contributed by atoms with Crippen molar-refractivity contribution in [2.24, 2.45) is 0 Å². The second-order valence-electron chi connectivity index (χ2n) is 5.33. The van der Waals surface area contributed by atoms with E-state index in [1.54, 1.807) is 6.07 Å². The summed E-state index contributed by atoms with van der Waals surface area (Å²) in [5.74, 6) is 0.327. The van der Waals surface area contributed by atoms with Gasteiger partial charge in [0.25, 0.3) is 0 Å². The second-order valence-corrected chi connectivity index (χ2v) is 5.33. The highest BCUT2D eigenvalue weighted by atomic mass is 16.3. The van der Waals surface area contributed by atoms with Crippen molar-refractivity contribution in [3.63, 3.8) is 0 Å². The number of aryl methyl sites for hydroxylation is 2. The summed E-state index contributed by atoms with van der Waals surface area (Å²) in [7, 11) is 0. The van der Waals surface area contributed by atoms with Gasteiger partial charge in [-0.3, -0.25) is 4.98 Å². The van der Waals surface area contributed by atoms with Gasteiger partial charge in [0.2, 0.25) is 0 Å². The molecule has 1 aromatic heterocycles. The number of aromatic hydroxyl groups is 1. The van der Waals surface area contributed by atoms with Gasteiger partial charge in [-0.15, -0.1) is 0 Å². The Balaban J connectivity index is 1.78. The maximum atomic E-state index is 9.53. The molecule has 0 saturated heterocycles. The molecule has 3 nitrogen and oxygen atoms in total. The van der Waals surface area contributed by atoms with Crippen LogP contribution in [0.25, 0.3) is 10.9 Å². The highest BCUT2D eigenvalue weighted by Gasteiger charge is 2.01. The number of anilines is 1. The van der Waals surface area contributed by atoms with Crippen LogP contribution >= 0.6 is 0 Å². The molecule has 2 N–H and O–H groups in total. The maximum absolute atomic E-state index is 9.53. The largest absolute Gasteiger partial charge is 0.508 e. The van der Waals surface area contributed by atoms with Crippen LogP contribution in [-0.2, 0) is 6.54 Å². The second kappa shape index (κ2) is 5.44. The van der Waals surface area contributed by atoms with Gasteiger partial charge in [0.05, 0.1) is 5.52 Å². The predicted molar refractivity (Wildman–Crippen MR) is 86.7 cm³/mol. The lowest BCUT2D eigenvalue weighted by Gasteiger charge is -2.09. The summed E-state index contributed by atoms with van der Waals surface area (Å²) in [4.78, 5) is 4.51. The smallest absolute Gasteiger partial charge is 0.118 e. The van der Waals surface area contributed by atoms with E-state index in [1.165, 1.54) is 5.56 Å². The zero-order valence-electron chi connectivity index (χ0n) is 12.2. The molecule has 3 heteroatoms. The molecular formula is C18H18N2O. The molecule has 0 atom stereocenters. The molecule has 0 aliphatic carbocycles. The topological polar surface area (TPSA) is 45.1 Å². The molecule has 0 fully saturated rings. The third-order valence-electron chi connectivity index (χ3n) is 3.59. The van der Waals surface area contributed by atoms with E-state index in [1.807, 2.05) is 32.0 Å². The lowest BCUT2D eigenvalue weighted by molar-refractivity contribution is 0.471. The van der Waals surface area contributed by atoms with Crippen molar-refractivity contribution in [1.29, 1.82) is 0 Å². The first-order valence-electron chi connectivity index (χ1n) is 7.01. The number of benzene rings is 2. The molecule has 0 aliphatic heterocycles. The number of fused-ring (bicyclic) bond motifs is 1. The third kappa shape index (κ3) is 2.97. The van der Waals surface area contributed by atoms with E-state index in [2.05, 4.69) is 34.6 Å². The Morgan fingerprint density at radius 3 is 2.67 bits per heavy atom. The zero-order valence-corrected chi connectivity index (χ0v) is 12.2. The average Bonchev–Trinajstić information content (AvgIpc) is 2.48. The van der Waals surface area contributed by atoms with Gasteiger partial charge in [-0.25, -0.2) is 0 Å². The third-order valence-corrected chi connectivity index (χ3v) is 3.59. The van der Waals surface area contributed by atoms with E-state index in [0.29, 0.717) is 5.75 Å². The minimum atomic E-state index is 0.327. The summed E-state index contributed by atoms with van der Waals surface area (Å²) < 4.78 is 0. The van der Waals surface area contributed by atoms with Gasteiger partial charge >= 0.3 is 0 Å². The fourth-order valence-corrected chi connectivity index (χ4v) is 2.36. The van der Waals surface area contributed by atoms with Crippen molar-refractivity contribution in [3.05, 3.63) is 65.4 Å². The number of nitrogens with one attached hydrogen (secondary N) is 1. The molecule has 0 amide bonds. The fraction of sp³-hybridized carbons (Fsp3) is 0.167. The minimum Gasteiger partial charge on any atom is -0.508 e. The zero-order chi connectivity index (χ0) is 14.8. The number of hydrogen-bond acceptors (Lipinski definition) is 3. The maximum Gasteiger partial charge on any atom is 0.118 e. The normalized spacial score (nSPS) is 10.8. The van der Waals surface area contributed by atoms with Gasteiger partial charge < -0.3 is 10.4 Å². The van der Waals surface area contributed by atoms with E-state index in [0.717, 1.165) is 34.4 Å². The number of pyridine rings is 1. The molecule has 0 radical (unpaired) electrons. The monoisotopic (exact) mass is 278 g/mol. The summed E-state index contributed by atoms with van der Waals surface area (Å²) in [6.07, 6.45) is 0. The number of hydrogen-bond donors (Lipinski definition) is 2. The fourth-order valence-electron chi connectivity index (χ4n) is 2.36. The van der Waals surface area contributed by atoms with Crippen molar-refractivity contribution < 1.29 is 5.11 Å². The first-order valence-corrected chi connectivity index (χ1v) is 7.01. The van der Waals surface area contributed by atoms with Crippen molar-refractivity contribution in [3.8, 4) is 5.75 Å². The molecular weight excluding hydrogens is 260 g/mol. The van der Waals surface area contributed by atoms with Gasteiger partial charge in [-0.05, 0) is 61.4 Å². The Morgan fingerprint density at radius 2 is 1.86 bits per heavy atom. The SMILES string of the molecule is Cc1ccc2cc(CNc3ccc(O)c(C)c3)ccc2n1. The van der Waals surface area contributed by atoms with E-state index >= 15 is 0 Å². The molecule has 1 heterocycles. The molecule has 0 spiro atoms. The van der Waals surface area contributed by atoms with Gasteiger partial charge in [-0.1, -0.05) is 12.1 Å². The molecule has 2 aromatic carbocycles. The summed E-state index contributed by atoms with van der Waals surface area (Å²) in [6.45, 7) is 4.64. The molecule has 3 aromatic rings. The van der Waals surface area contributed by atoms with E-state index in [9.17, 15) is 5.11 Å². The molecule has 0 bridgehead atoms. The Kier molecular flexibility index (Phi) is 3.48. The van der Waals surface area contributed by atoms with E-state index in [-0.39, 0.29) is 0 Å². The van der Waals surface area contributed by atoms with Crippen molar-refractivity contribution in [1.82, 2.24) is 4.98 Å². The first-order chi connectivity index (χ1) is 10.1. The minimum absolute atomic E-state index is 0.327. The Morgan fingerprint density at radius 1 is 1.00 bits per heavy atom. The van der Waals surface area contributed by atoms with Crippen LogP contribution in [0.5, 0.6) is 5.75 Å². The Bertz CT molecular complexity index is 796. The van der Waals surface area contributed by atoms with Crippen LogP contribution in [-0.4, -0.2) is 10.1 Å². The van der Waals surface area contributed by atoms with Gasteiger partial charge in [0.1, 0.15) is 5.75 Å². The lowest BCUT2D eigenvalue weighted by atomic mass is 10.1. The van der Waals surface area contributed by atoms with Gasteiger partial charge in [0, 0.05) is 23.3 Å². The van der Waals surface area contributed by atoms with Crippen LogP contribution in [0.2, 0.25) is 0 Å². The van der Waals surface area contributed by atoms with Crippen molar-refractivity contribution in [2.75, 3.05) is 5.32 Å². The van der Waals surface area contributed by atoms with E-state index in [4.69, 9.17) is 0 Å². The first kappa shape index (κ1) is 13.4. The summed E-state index contributed by atoms with van der Waals surface area (Å²) in [5, 5.41) is 14.1. The molecule has 0 saturated carbocycles. The quantitative estimate of drug-likeness (QED) is 0.707. The molecule has 3 rings (SSSR count). The predicted octanol–water partition coefficient (Wildman–Crippen LogP) is 4.17. The van der Waals surface area contributed by atoms with Crippen LogP contribution in [0.15, 0.2) is 48.5 Å². The highest BCUT2D eigenvalue weighted by molar-refractivity contribution is 5.79. The summed E-state index contributed by atoms with van der Waals surface area (Å²) >= 11 is 0. The number of aromatic nitrogens is 1. The van der Waals surface area contributed by atoms with Crippen LogP contribution in [0.3, 0.4) is 0 Å².